The number of nitrogens with one attached hydrogen (secondary N) is 1. The van der Waals surface area contributed by atoms with Gasteiger partial charge in [-0.25, -0.2) is 9.78 Å². The van der Waals surface area contributed by atoms with Crippen molar-refractivity contribution < 1.29 is 28.2 Å². The van der Waals surface area contributed by atoms with Crippen molar-refractivity contribution in [2.45, 2.75) is 32.5 Å². The highest BCUT2D eigenvalue weighted by Gasteiger charge is 2.38. The third-order valence-corrected chi connectivity index (χ3v) is 7.52. The van der Waals surface area contributed by atoms with Gasteiger partial charge in [0, 0.05) is 18.0 Å². The number of imidazole rings is 1. The van der Waals surface area contributed by atoms with Gasteiger partial charge in [0.1, 0.15) is 5.82 Å². The van der Waals surface area contributed by atoms with Crippen LogP contribution in [0, 0.1) is 12.8 Å². The van der Waals surface area contributed by atoms with E-state index in [1.165, 1.54) is 21.6 Å². The minimum atomic E-state index is -5.08. The largest absolute Gasteiger partial charge is 0.490 e. The number of halogens is 3. The van der Waals surface area contributed by atoms with Crippen LogP contribution >= 0.6 is 11.3 Å². The Hall–Kier alpha value is -3.21. The quantitative estimate of drug-likeness (QED) is 0.289. The van der Waals surface area contributed by atoms with E-state index in [-0.39, 0.29) is 0 Å². The standard InChI is InChI=1S/C25H27N3OS.C2HF3O2/c1-17-4-2-7-21-24(17)27-25(26-21)23-9-8-22(30-23)20-6-3-5-19(14-20)15-28-12-10-18(16-29)11-13-28;3-2(4,5)1(6)7/h2-9,14,18,29H,10-13,15-16H2,1H3,(H,26,27);(H,6,7). The van der Waals surface area contributed by atoms with Gasteiger partial charge in [-0.1, -0.05) is 30.3 Å². The number of benzene rings is 2. The van der Waals surface area contributed by atoms with Gasteiger partial charge in [-0.15, -0.1) is 11.3 Å². The molecule has 0 amide bonds. The van der Waals surface area contributed by atoms with Crippen LogP contribution in [0.4, 0.5) is 13.2 Å². The van der Waals surface area contributed by atoms with Crippen molar-refractivity contribution in [3.05, 3.63) is 65.7 Å². The number of carboxylic acids is 1. The van der Waals surface area contributed by atoms with E-state index in [2.05, 4.69) is 71.4 Å². The molecule has 0 bridgehead atoms. The molecule has 1 aliphatic heterocycles. The number of thiophene rings is 1. The number of piperidine rings is 1. The lowest BCUT2D eigenvalue weighted by Crippen LogP contribution is -2.34. The van der Waals surface area contributed by atoms with Gasteiger partial charge in [-0.2, -0.15) is 13.2 Å². The number of nitrogens with zero attached hydrogens (tertiary/aromatic N) is 2. The van der Waals surface area contributed by atoms with Crippen LogP contribution in [0.3, 0.4) is 0 Å². The fourth-order valence-corrected chi connectivity index (χ4v) is 5.27. The van der Waals surface area contributed by atoms with Gasteiger partial charge < -0.3 is 15.2 Å². The molecular weight excluding hydrogens is 503 g/mol. The number of aliphatic carboxylic acids is 1. The van der Waals surface area contributed by atoms with Crippen LogP contribution in [0.2, 0.25) is 0 Å². The van der Waals surface area contributed by atoms with E-state index in [0.29, 0.717) is 12.5 Å². The average molecular weight is 532 g/mol. The number of hydrogen-bond acceptors (Lipinski definition) is 5. The molecule has 196 valence electrons. The topological polar surface area (TPSA) is 89.5 Å². The lowest BCUT2D eigenvalue weighted by atomic mass is 9.97. The van der Waals surface area contributed by atoms with Crippen molar-refractivity contribution >= 4 is 28.3 Å². The Kier molecular flexibility index (Phi) is 8.31. The average Bonchev–Trinajstić information content (AvgIpc) is 3.53. The Morgan fingerprint density at radius 1 is 1.11 bits per heavy atom. The number of carbonyl (C=O) groups is 1. The van der Waals surface area contributed by atoms with E-state index in [4.69, 9.17) is 14.9 Å². The molecule has 2 aromatic carbocycles. The summed E-state index contributed by atoms with van der Waals surface area (Å²) in [5.74, 6) is -1.33. The molecule has 0 aliphatic carbocycles. The normalized spacial score (nSPS) is 14.9. The van der Waals surface area contributed by atoms with E-state index in [1.807, 2.05) is 0 Å². The summed E-state index contributed by atoms with van der Waals surface area (Å²) in [4.78, 5) is 22.1. The van der Waals surface area contributed by atoms with Crippen molar-refractivity contribution in [3.8, 4) is 21.1 Å². The summed E-state index contributed by atoms with van der Waals surface area (Å²) in [6.07, 6.45) is -2.89. The van der Waals surface area contributed by atoms with E-state index in [0.717, 1.165) is 54.2 Å². The molecule has 1 fully saturated rings. The second-order valence-electron chi connectivity index (χ2n) is 9.13. The Morgan fingerprint density at radius 3 is 2.43 bits per heavy atom. The van der Waals surface area contributed by atoms with E-state index < -0.39 is 12.1 Å². The molecule has 0 saturated carbocycles. The molecule has 4 aromatic rings. The maximum absolute atomic E-state index is 10.6. The zero-order valence-electron chi connectivity index (χ0n) is 20.3. The Morgan fingerprint density at radius 2 is 1.78 bits per heavy atom. The van der Waals surface area contributed by atoms with E-state index in [9.17, 15) is 18.3 Å². The van der Waals surface area contributed by atoms with Gasteiger partial charge in [-0.05, 0) is 79.7 Å². The van der Waals surface area contributed by atoms with Crippen LogP contribution in [0.1, 0.15) is 24.0 Å². The van der Waals surface area contributed by atoms with Gasteiger partial charge in [0.05, 0.1) is 15.9 Å². The number of fused-ring (bicyclic) bond motifs is 1. The summed E-state index contributed by atoms with van der Waals surface area (Å²) in [6.45, 7) is 5.56. The number of H-pyrrole nitrogens is 1. The minimum absolute atomic E-state index is 0.328. The van der Waals surface area contributed by atoms with Crippen LogP contribution in [0.5, 0.6) is 0 Å². The molecular formula is C27H28F3N3O3S. The molecule has 3 N–H and O–H groups in total. The molecule has 0 unspecified atom stereocenters. The fraction of sp³-hybridized carbons (Fsp3) is 0.333. The fourth-order valence-electron chi connectivity index (χ4n) is 4.32. The lowest BCUT2D eigenvalue weighted by Gasteiger charge is -2.31. The maximum atomic E-state index is 10.6. The summed E-state index contributed by atoms with van der Waals surface area (Å²) >= 11 is 1.78. The van der Waals surface area contributed by atoms with Crippen LogP contribution < -0.4 is 0 Å². The number of aliphatic hydroxyl groups is 1. The Balaban J connectivity index is 0.000000405. The van der Waals surface area contributed by atoms with Crippen LogP contribution in [0.25, 0.3) is 32.2 Å². The van der Waals surface area contributed by atoms with Crippen LogP contribution in [-0.4, -0.2) is 56.9 Å². The molecule has 1 saturated heterocycles. The summed E-state index contributed by atoms with van der Waals surface area (Å²) in [5, 5.41) is 16.5. The molecule has 2 aromatic heterocycles. The predicted octanol–water partition coefficient (Wildman–Crippen LogP) is 6.10. The number of aryl methyl sites for hydroxylation is 1. The number of alkyl halides is 3. The number of rotatable bonds is 5. The van der Waals surface area contributed by atoms with Crippen molar-refractivity contribution in [1.29, 1.82) is 0 Å². The number of likely N-dealkylation sites (tertiary alicyclic amines) is 1. The number of carboxylic acid groups (broad SMARTS) is 1. The van der Waals surface area contributed by atoms with Gasteiger partial charge in [-0.3, -0.25) is 4.90 Å². The van der Waals surface area contributed by atoms with E-state index in [1.54, 1.807) is 11.3 Å². The molecule has 10 heteroatoms. The van der Waals surface area contributed by atoms with Crippen molar-refractivity contribution in [1.82, 2.24) is 14.9 Å². The molecule has 3 heterocycles. The molecule has 1 aliphatic rings. The molecule has 37 heavy (non-hydrogen) atoms. The number of para-hydroxylation sites is 1. The maximum Gasteiger partial charge on any atom is 0.490 e. The first-order chi connectivity index (χ1) is 17.6. The van der Waals surface area contributed by atoms with Crippen molar-refractivity contribution in [2.75, 3.05) is 19.7 Å². The first kappa shape index (κ1) is 26.8. The number of aromatic nitrogens is 2. The molecule has 6 nitrogen and oxygen atoms in total. The third kappa shape index (κ3) is 6.76. The molecule has 5 rings (SSSR count). The van der Waals surface area contributed by atoms with Gasteiger partial charge in [0.25, 0.3) is 0 Å². The van der Waals surface area contributed by atoms with Gasteiger partial charge >= 0.3 is 12.1 Å². The summed E-state index contributed by atoms with van der Waals surface area (Å²) in [7, 11) is 0. The Bertz CT molecular complexity index is 1360. The highest BCUT2D eigenvalue weighted by atomic mass is 32.1. The van der Waals surface area contributed by atoms with Crippen molar-refractivity contribution in [2.24, 2.45) is 5.92 Å². The highest BCUT2D eigenvalue weighted by Crippen LogP contribution is 2.35. The summed E-state index contributed by atoms with van der Waals surface area (Å²) < 4.78 is 31.7. The monoisotopic (exact) mass is 531 g/mol. The van der Waals surface area contributed by atoms with Gasteiger partial charge in [0.2, 0.25) is 0 Å². The minimum Gasteiger partial charge on any atom is -0.475 e. The molecule has 0 radical (unpaired) electrons. The smallest absolute Gasteiger partial charge is 0.475 e. The molecule has 0 spiro atoms. The van der Waals surface area contributed by atoms with Gasteiger partial charge in [0.15, 0.2) is 0 Å². The highest BCUT2D eigenvalue weighted by molar-refractivity contribution is 7.18. The SMILES string of the molecule is Cc1cccc2[nH]c(-c3ccc(-c4cccc(CN5CCC(CO)CC5)c4)s3)nc12.O=C(O)C(F)(F)F. The first-order valence-corrected chi connectivity index (χ1v) is 12.7. The number of aromatic amines is 1. The Labute approximate surface area is 216 Å². The zero-order chi connectivity index (χ0) is 26.6. The third-order valence-electron chi connectivity index (χ3n) is 6.38. The summed E-state index contributed by atoms with van der Waals surface area (Å²) in [5.41, 5.74) is 5.95. The second kappa shape index (κ2) is 11.5. The molecule has 0 atom stereocenters. The van der Waals surface area contributed by atoms with E-state index >= 15 is 0 Å². The first-order valence-electron chi connectivity index (χ1n) is 11.9. The zero-order valence-corrected chi connectivity index (χ0v) is 21.1. The number of aliphatic hydroxyl groups excluding tert-OH is 1. The second-order valence-corrected chi connectivity index (χ2v) is 10.2. The number of hydrogen-bond donors (Lipinski definition) is 3. The van der Waals surface area contributed by atoms with Crippen molar-refractivity contribution in [3.63, 3.8) is 0 Å². The van der Waals surface area contributed by atoms with Crippen LogP contribution in [-0.2, 0) is 11.3 Å². The lowest BCUT2D eigenvalue weighted by molar-refractivity contribution is -0.192. The predicted molar refractivity (Wildman–Crippen MR) is 138 cm³/mol. The summed E-state index contributed by atoms with van der Waals surface area (Å²) in [6, 6.07) is 19.5. The van der Waals surface area contributed by atoms with Crippen LogP contribution in [0.15, 0.2) is 54.6 Å².